The molecule has 0 spiro atoms. The van der Waals surface area contributed by atoms with Gasteiger partial charge in [0, 0.05) is 5.69 Å². The summed E-state index contributed by atoms with van der Waals surface area (Å²) >= 11 is 0. The van der Waals surface area contributed by atoms with E-state index in [-0.39, 0.29) is 5.91 Å². The van der Waals surface area contributed by atoms with E-state index < -0.39 is 11.6 Å². The highest BCUT2D eigenvalue weighted by molar-refractivity contribution is 6.05. The summed E-state index contributed by atoms with van der Waals surface area (Å²) in [4.78, 5) is 24.0. The van der Waals surface area contributed by atoms with Crippen molar-refractivity contribution in [3.05, 3.63) is 24.3 Å². The van der Waals surface area contributed by atoms with E-state index >= 15 is 0 Å². The summed E-state index contributed by atoms with van der Waals surface area (Å²) in [5.74, 6) is 0.637. The van der Waals surface area contributed by atoms with Gasteiger partial charge in [-0.3, -0.25) is 14.5 Å². The van der Waals surface area contributed by atoms with Crippen LogP contribution in [0.5, 0.6) is 5.75 Å². The maximum Gasteiger partial charge on any atom is 0.295 e. The van der Waals surface area contributed by atoms with E-state index in [0.717, 1.165) is 0 Å². The summed E-state index contributed by atoms with van der Waals surface area (Å²) in [6, 6.07) is 7.03. The molecule has 96 valence electrons. The van der Waals surface area contributed by atoms with Crippen LogP contribution < -0.4 is 9.64 Å². The second-order valence-electron chi connectivity index (χ2n) is 4.68. The molecule has 2 rings (SSSR count). The Labute approximate surface area is 105 Å². The normalized spacial score (nSPS) is 21.2. The molecule has 1 atom stereocenters. The van der Waals surface area contributed by atoms with Crippen LogP contribution in [0.25, 0.3) is 0 Å². The fraction of sp³-hybridized carbons (Fsp3) is 0.385. The number of carbonyl (C=O) groups is 2. The first kappa shape index (κ1) is 12.4. The van der Waals surface area contributed by atoms with E-state index in [1.54, 1.807) is 45.2 Å². The molecule has 5 heteroatoms. The Morgan fingerprint density at radius 2 is 1.89 bits per heavy atom. The maximum absolute atomic E-state index is 12.0. The quantitative estimate of drug-likeness (QED) is 0.600. The van der Waals surface area contributed by atoms with Gasteiger partial charge in [0.1, 0.15) is 11.2 Å². The Morgan fingerprint density at radius 3 is 2.39 bits per heavy atom. The van der Waals surface area contributed by atoms with E-state index in [9.17, 15) is 9.59 Å². The van der Waals surface area contributed by atoms with Crippen LogP contribution in [-0.4, -0.2) is 25.7 Å². The van der Waals surface area contributed by atoms with Gasteiger partial charge >= 0.3 is 0 Å². The Morgan fingerprint density at radius 1 is 1.28 bits per heavy atom. The number of benzene rings is 1. The van der Waals surface area contributed by atoms with Crippen molar-refractivity contribution in [2.24, 2.45) is 5.41 Å². The van der Waals surface area contributed by atoms with Crippen molar-refractivity contribution in [1.29, 1.82) is 0 Å². The molecule has 18 heavy (non-hydrogen) atoms. The lowest BCUT2D eigenvalue weighted by atomic mass is 9.80. The van der Waals surface area contributed by atoms with Gasteiger partial charge in [-0.15, -0.1) is 0 Å². The largest absolute Gasteiger partial charge is 0.497 e. The molecule has 0 saturated carbocycles. The SMILES string of the molecule is COc1ccc(N2C(=O)C(C)(C)C2OC=O)cc1. The van der Waals surface area contributed by atoms with Crippen molar-refractivity contribution < 1.29 is 19.1 Å². The highest BCUT2D eigenvalue weighted by Gasteiger charge is 2.56. The first-order valence-corrected chi connectivity index (χ1v) is 5.59. The van der Waals surface area contributed by atoms with Gasteiger partial charge in [-0.05, 0) is 38.1 Å². The number of nitrogens with zero attached hydrogens (tertiary/aromatic N) is 1. The molecule has 0 bridgehead atoms. The zero-order chi connectivity index (χ0) is 13.3. The van der Waals surface area contributed by atoms with Gasteiger partial charge in [-0.25, -0.2) is 0 Å². The molecule has 1 aromatic carbocycles. The molecule has 0 aromatic heterocycles. The molecule has 1 aromatic rings. The molecule has 1 fully saturated rings. The minimum absolute atomic E-state index is 0.0699. The van der Waals surface area contributed by atoms with Crippen molar-refractivity contribution in [2.45, 2.75) is 20.1 Å². The lowest BCUT2D eigenvalue weighted by molar-refractivity contribution is -0.162. The molecular formula is C13H15NO4. The van der Waals surface area contributed by atoms with Gasteiger partial charge in [0.05, 0.1) is 7.11 Å². The van der Waals surface area contributed by atoms with Gasteiger partial charge < -0.3 is 9.47 Å². The van der Waals surface area contributed by atoms with Gasteiger partial charge in [0.2, 0.25) is 5.91 Å². The molecule has 0 N–H and O–H groups in total. The summed E-state index contributed by atoms with van der Waals surface area (Å²) < 4.78 is 10.0. The van der Waals surface area contributed by atoms with E-state index in [1.165, 1.54) is 4.90 Å². The second kappa shape index (κ2) is 4.33. The van der Waals surface area contributed by atoms with Crippen LogP contribution in [0.2, 0.25) is 0 Å². The fourth-order valence-corrected chi connectivity index (χ4v) is 2.06. The van der Waals surface area contributed by atoms with Crippen LogP contribution in [0.4, 0.5) is 5.69 Å². The Hall–Kier alpha value is -2.04. The summed E-state index contributed by atoms with van der Waals surface area (Å²) in [5, 5.41) is 0. The van der Waals surface area contributed by atoms with Crippen LogP contribution in [0.3, 0.4) is 0 Å². The third-order valence-electron chi connectivity index (χ3n) is 3.16. The lowest BCUT2D eigenvalue weighted by Gasteiger charge is -2.50. The highest BCUT2D eigenvalue weighted by atomic mass is 16.5. The lowest BCUT2D eigenvalue weighted by Crippen LogP contribution is -2.67. The van der Waals surface area contributed by atoms with Crippen LogP contribution >= 0.6 is 0 Å². The van der Waals surface area contributed by atoms with Crippen molar-refractivity contribution in [2.75, 3.05) is 12.0 Å². The molecule has 1 aliphatic rings. The summed E-state index contributed by atoms with van der Waals surface area (Å²) in [6.45, 7) is 3.88. The number of ether oxygens (including phenoxy) is 2. The zero-order valence-electron chi connectivity index (χ0n) is 10.5. The second-order valence-corrected chi connectivity index (χ2v) is 4.68. The number of methoxy groups -OCH3 is 1. The maximum atomic E-state index is 12.0. The van der Waals surface area contributed by atoms with Crippen LogP contribution in [0, 0.1) is 5.41 Å². The molecule has 1 heterocycles. The van der Waals surface area contributed by atoms with Crippen LogP contribution in [-0.2, 0) is 14.3 Å². The van der Waals surface area contributed by atoms with Crippen molar-refractivity contribution in [3.8, 4) is 5.75 Å². The topological polar surface area (TPSA) is 55.8 Å². The zero-order valence-corrected chi connectivity index (χ0v) is 10.5. The molecule has 0 aliphatic carbocycles. The van der Waals surface area contributed by atoms with Crippen molar-refractivity contribution in [3.63, 3.8) is 0 Å². The molecule has 1 saturated heterocycles. The van der Waals surface area contributed by atoms with Gasteiger partial charge in [-0.1, -0.05) is 0 Å². The van der Waals surface area contributed by atoms with Crippen LogP contribution in [0.15, 0.2) is 24.3 Å². The number of carbonyl (C=O) groups excluding carboxylic acids is 2. The molecular weight excluding hydrogens is 234 g/mol. The number of hydrogen-bond donors (Lipinski definition) is 0. The number of rotatable bonds is 4. The van der Waals surface area contributed by atoms with E-state index in [4.69, 9.17) is 9.47 Å². The fourth-order valence-electron chi connectivity index (χ4n) is 2.06. The van der Waals surface area contributed by atoms with Gasteiger partial charge in [0.25, 0.3) is 6.47 Å². The van der Waals surface area contributed by atoms with Gasteiger partial charge in [0.15, 0.2) is 6.23 Å². The first-order chi connectivity index (χ1) is 8.52. The average molecular weight is 249 g/mol. The number of hydrogen-bond acceptors (Lipinski definition) is 4. The smallest absolute Gasteiger partial charge is 0.295 e. The Balaban J connectivity index is 2.26. The predicted octanol–water partition coefficient (Wildman–Crippen LogP) is 1.57. The Kier molecular flexibility index (Phi) is 2.98. The number of β-lactam (4-membered cyclic amide) rings is 1. The number of amides is 1. The van der Waals surface area contributed by atoms with E-state index in [2.05, 4.69) is 0 Å². The molecule has 0 radical (unpaired) electrons. The standard InChI is InChI=1S/C13H15NO4/c1-13(2)11(16)14(12(13)18-8-15)9-4-6-10(17-3)7-5-9/h4-8,12H,1-3H3. The van der Waals surface area contributed by atoms with Crippen molar-refractivity contribution >= 4 is 18.1 Å². The monoisotopic (exact) mass is 249 g/mol. The summed E-state index contributed by atoms with van der Waals surface area (Å²) in [5.41, 5.74) is 0.00729. The van der Waals surface area contributed by atoms with E-state index in [0.29, 0.717) is 17.9 Å². The third kappa shape index (κ3) is 1.72. The van der Waals surface area contributed by atoms with Crippen LogP contribution in [0.1, 0.15) is 13.8 Å². The molecule has 5 nitrogen and oxygen atoms in total. The Bertz CT molecular complexity index is 466. The predicted molar refractivity (Wildman–Crippen MR) is 65.2 cm³/mol. The number of anilines is 1. The van der Waals surface area contributed by atoms with Crippen molar-refractivity contribution in [1.82, 2.24) is 0 Å². The molecule has 1 amide bonds. The average Bonchev–Trinajstić information content (AvgIpc) is 2.39. The minimum Gasteiger partial charge on any atom is -0.497 e. The molecule has 1 aliphatic heterocycles. The molecule has 1 unspecified atom stereocenters. The highest BCUT2D eigenvalue weighted by Crippen LogP contribution is 2.42. The third-order valence-corrected chi connectivity index (χ3v) is 3.16. The minimum atomic E-state index is -0.680. The first-order valence-electron chi connectivity index (χ1n) is 5.59. The van der Waals surface area contributed by atoms with E-state index in [1.807, 2.05) is 0 Å². The summed E-state index contributed by atoms with van der Waals surface area (Å²) in [7, 11) is 1.57. The van der Waals surface area contributed by atoms with Gasteiger partial charge in [-0.2, -0.15) is 0 Å². The summed E-state index contributed by atoms with van der Waals surface area (Å²) in [6.07, 6.45) is -0.559.